The van der Waals surface area contributed by atoms with Crippen molar-refractivity contribution < 1.29 is 31.9 Å². The molecule has 0 saturated heterocycles. The van der Waals surface area contributed by atoms with Crippen LogP contribution in [0.1, 0.15) is 35.4 Å². The van der Waals surface area contributed by atoms with Gasteiger partial charge in [-0.3, -0.25) is 14.3 Å². The molecule has 2 amide bonds. The normalized spacial score (nSPS) is 24.1. The van der Waals surface area contributed by atoms with Gasteiger partial charge in [0, 0.05) is 30.3 Å². The van der Waals surface area contributed by atoms with Gasteiger partial charge < -0.3 is 15.4 Å². The Labute approximate surface area is 178 Å². The molecular formula is C19H17ClF4N4O3. The van der Waals surface area contributed by atoms with E-state index in [1.807, 2.05) is 0 Å². The fourth-order valence-corrected chi connectivity index (χ4v) is 4.34. The van der Waals surface area contributed by atoms with Crippen LogP contribution >= 0.6 is 11.6 Å². The highest BCUT2D eigenvalue weighted by Crippen LogP contribution is 2.60. The van der Waals surface area contributed by atoms with E-state index in [-0.39, 0.29) is 23.1 Å². The van der Waals surface area contributed by atoms with Gasteiger partial charge in [-0.15, -0.1) is 0 Å². The second-order valence-corrected chi connectivity index (χ2v) is 8.40. The molecule has 2 bridgehead atoms. The second kappa shape index (κ2) is 7.11. The highest BCUT2D eigenvalue weighted by molar-refractivity contribution is 6.30. The number of hydrogen-bond acceptors (Lipinski definition) is 4. The number of nitrogens with zero attached hydrogens (tertiary/aromatic N) is 2. The fourth-order valence-electron chi connectivity index (χ4n) is 4.22. The number of aryl methyl sites for hydroxylation is 1. The largest absolute Gasteiger partial charge is 0.484 e. The first-order chi connectivity index (χ1) is 14.4. The predicted molar refractivity (Wildman–Crippen MR) is 100 cm³/mol. The summed E-state index contributed by atoms with van der Waals surface area (Å²) < 4.78 is 57.8. The van der Waals surface area contributed by atoms with Crippen molar-refractivity contribution in [2.75, 3.05) is 6.61 Å². The SMILES string of the molecule is Cn1nc(C(F)(F)F)cc1C(=O)NC12CC(NC(=O)COc3ccc(Cl)c(F)c3)(C1)C2. The molecule has 3 fully saturated rings. The molecule has 7 nitrogen and oxygen atoms in total. The summed E-state index contributed by atoms with van der Waals surface area (Å²) in [7, 11) is 1.26. The number of halogens is 5. The van der Waals surface area contributed by atoms with Gasteiger partial charge in [0.2, 0.25) is 0 Å². The molecule has 3 aliphatic carbocycles. The Hall–Kier alpha value is -2.82. The standard InChI is InChI=1S/C19H17ClF4N4O3/c1-28-13(5-14(27-28)19(22,23)24)16(30)26-18-7-17(8-18,9-18)25-15(29)6-31-10-2-3-11(20)12(21)4-10/h2-5H,6-9H2,1H3,(H,25,29)(H,26,30). The minimum atomic E-state index is -4.64. The van der Waals surface area contributed by atoms with E-state index in [1.165, 1.54) is 19.2 Å². The average Bonchev–Trinajstić information content (AvgIpc) is 3.02. The van der Waals surface area contributed by atoms with Crippen molar-refractivity contribution in [3.8, 4) is 5.75 Å². The van der Waals surface area contributed by atoms with Crippen LogP contribution in [0.4, 0.5) is 17.6 Å². The van der Waals surface area contributed by atoms with Crippen LogP contribution in [0.2, 0.25) is 5.02 Å². The lowest BCUT2D eigenvalue weighted by Crippen LogP contribution is -2.84. The van der Waals surface area contributed by atoms with Crippen LogP contribution in [0.25, 0.3) is 0 Å². The molecule has 166 valence electrons. The first kappa shape index (κ1) is 21.4. The maximum atomic E-state index is 13.4. The predicted octanol–water partition coefficient (Wildman–Crippen LogP) is 2.83. The van der Waals surface area contributed by atoms with Gasteiger partial charge >= 0.3 is 6.18 Å². The molecule has 0 aliphatic heterocycles. The number of amides is 2. The zero-order valence-electron chi connectivity index (χ0n) is 16.1. The van der Waals surface area contributed by atoms with Crippen molar-refractivity contribution in [1.82, 2.24) is 20.4 Å². The van der Waals surface area contributed by atoms with Gasteiger partial charge in [-0.05, 0) is 31.4 Å². The number of aromatic nitrogens is 2. The number of rotatable bonds is 6. The zero-order chi connectivity index (χ0) is 22.6. The lowest BCUT2D eigenvalue weighted by molar-refractivity contribution is -0.142. The van der Waals surface area contributed by atoms with Gasteiger partial charge in [0.05, 0.1) is 5.02 Å². The molecule has 3 aliphatic rings. The van der Waals surface area contributed by atoms with Crippen molar-refractivity contribution in [3.63, 3.8) is 0 Å². The highest BCUT2D eigenvalue weighted by atomic mass is 35.5. The lowest BCUT2D eigenvalue weighted by atomic mass is 9.44. The molecule has 12 heteroatoms. The van der Waals surface area contributed by atoms with E-state index in [9.17, 15) is 27.2 Å². The maximum absolute atomic E-state index is 13.4. The zero-order valence-corrected chi connectivity index (χ0v) is 16.9. The molecule has 1 aromatic heterocycles. The smallest absolute Gasteiger partial charge is 0.435 e. The molecule has 0 unspecified atom stereocenters. The van der Waals surface area contributed by atoms with Crippen LogP contribution in [-0.4, -0.2) is 39.3 Å². The van der Waals surface area contributed by atoms with Crippen molar-refractivity contribution in [2.45, 2.75) is 36.5 Å². The van der Waals surface area contributed by atoms with E-state index in [4.69, 9.17) is 16.3 Å². The number of alkyl halides is 3. The second-order valence-electron chi connectivity index (χ2n) is 7.99. The van der Waals surface area contributed by atoms with Gasteiger partial charge in [0.15, 0.2) is 12.3 Å². The third-order valence-electron chi connectivity index (χ3n) is 5.48. The van der Waals surface area contributed by atoms with Gasteiger partial charge in [0.25, 0.3) is 11.8 Å². The molecule has 0 radical (unpaired) electrons. The molecule has 1 aromatic carbocycles. The summed E-state index contributed by atoms with van der Waals surface area (Å²) in [5, 5.41) is 8.84. The number of hydrogen-bond donors (Lipinski definition) is 2. The Morgan fingerprint density at radius 2 is 1.84 bits per heavy atom. The molecule has 0 spiro atoms. The quantitative estimate of drug-likeness (QED) is 0.649. The Balaban J connectivity index is 1.27. The Bertz CT molecular complexity index is 1050. The van der Waals surface area contributed by atoms with Crippen LogP contribution in [-0.2, 0) is 18.0 Å². The fraction of sp³-hybridized carbons (Fsp3) is 0.421. The molecule has 2 aromatic rings. The minimum absolute atomic E-state index is 0.0567. The van der Waals surface area contributed by atoms with Crippen LogP contribution in [0.15, 0.2) is 24.3 Å². The van der Waals surface area contributed by atoms with Crippen LogP contribution in [0, 0.1) is 5.82 Å². The Morgan fingerprint density at radius 3 is 2.42 bits per heavy atom. The first-order valence-corrected chi connectivity index (χ1v) is 9.61. The number of nitrogens with one attached hydrogen (secondary N) is 2. The topological polar surface area (TPSA) is 85.3 Å². The first-order valence-electron chi connectivity index (χ1n) is 9.23. The summed E-state index contributed by atoms with van der Waals surface area (Å²) in [6.07, 6.45) is -3.27. The lowest BCUT2D eigenvalue weighted by Gasteiger charge is -2.70. The Kier molecular flexibility index (Phi) is 4.91. The summed E-state index contributed by atoms with van der Waals surface area (Å²) in [6.45, 7) is -0.322. The summed E-state index contributed by atoms with van der Waals surface area (Å²) >= 11 is 5.59. The van der Waals surface area contributed by atoms with Crippen LogP contribution in [0.3, 0.4) is 0 Å². The van der Waals surface area contributed by atoms with Gasteiger partial charge in [-0.2, -0.15) is 18.3 Å². The van der Waals surface area contributed by atoms with E-state index in [1.54, 1.807) is 0 Å². The number of benzene rings is 1. The van der Waals surface area contributed by atoms with Crippen molar-refractivity contribution in [2.24, 2.45) is 7.05 Å². The van der Waals surface area contributed by atoms with Crippen molar-refractivity contribution in [3.05, 3.63) is 46.5 Å². The molecule has 1 heterocycles. The van der Waals surface area contributed by atoms with E-state index >= 15 is 0 Å². The summed E-state index contributed by atoms with van der Waals surface area (Å²) in [4.78, 5) is 24.5. The van der Waals surface area contributed by atoms with E-state index < -0.39 is 40.6 Å². The van der Waals surface area contributed by atoms with Crippen LogP contribution < -0.4 is 15.4 Å². The van der Waals surface area contributed by atoms with Gasteiger partial charge in [0.1, 0.15) is 17.3 Å². The third kappa shape index (κ3) is 4.06. The van der Waals surface area contributed by atoms with Crippen molar-refractivity contribution in [1.29, 1.82) is 0 Å². The Morgan fingerprint density at radius 1 is 1.19 bits per heavy atom. The van der Waals surface area contributed by atoms with Crippen LogP contribution in [0.5, 0.6) is 5.75 Å². The summed E-state index contributed by atoms with van der Waals surface area (Å²) in [5.41, 5.74) is -2.38. The monoisotopic (exact) mass is 460 g/mol. The molecular weight excluding hydrogens is 444 g/mol. The molecule has 2 N–H and O–H groups in total. The van der Waals surface area contributed by atoms with Crippen molar-refractivity contribution >= 4 is 23.4 Å². The van der Waals surface area contributed by atoms with E-state index in [2.05, 4.69) is 15.7 Å². The molecule has 5 rings (SSSR count). The van der Waals surface area contributed by atoms with E-state index in [0.29, 0.717) is 25.3 Å². The number of carbonyl (C=O) groups excluding carboxylic acids is 2. The number of carbonyl (C=O) groups is 2. The summed E-state index contributed by atoms with van der Waals surface area (Å²) in [5.74, 6) is -1.56. The molecule has 0 atom stereocenters. The number of ether oxygens (including phenoxy) is 1. The highest BCUT2D eigenvalue weighted by Gasteiger charge is 2.69. The molecule has 3 saturated carbocycles. The maximum Gasteiger partial charge on any atom is 0.435 e. The minimum Gasteiger partial charge on any atom is -0.484 e. The molecule has 31 heavy (non-hydrogen) atoms. The van der Waals surface area contributed by atoms with Gasteiger partial charge in [-0.1, -0.05) is 11.6 Å². The van der Waals surface area contributed by atoms with Gasteiger partial charge in [-0.25, -0.2) is 4.39 Å². The average molecular weight is 461 g/mol. The van der Waals surface area contributed by atoms with E-state index in [0.717, 1.165) is 10.7 Å². The third-order valence-corrected chi connectivity index (χ3v) is 5.78. The summed E-state index contributed by atoms with van der Waals surface area (Å²) in [6, 6.07) is 4.53.